The van der Waals surface area contributed by atoms with Crippen LogP contribution in [0, 0.1) is 6.92 Å². The highest BCUT2D eigenvalue weighted by atomic mass is 32.1. The van der Waals surface area contributed by atoms with Crippen molar-refractivity contribution in [2.75, 3.05) is 32.2 Å². The van der Waals surface area contributed by atoms with Gasteiger partial charge in [-0.1, -0.05) is 6.07 Å². The number of benzene rings is 1. The van der Waals surface area contributed by atoms with Gasteiger partial charge in [0.05, 0.1) is 25.7 Å². The van der Waals surface area contributed by atoms with E-state index in [1.807, 2.05) is 25.1 Å². The molecule has 3 aromatic rings. The molecule has 0 aliphatic carbocycles. The Morgan fingerprint density at radius 2 is 2.00 bits per heavy atom. The lowest BCUT2D eigenvalue weighted by atomic mass is 10.0. The minimum absolute atomic E-state index is 0.313. The molecule has 0 saturated carbocycles. The lowest BCUT2D eigenvalue weighted by molar-refractivity contribution is 0.154. The lowest BCUT2D eigenvalue weighted by Gasteiger charge is -2.31. The molecular formula is C20H23N3O3S. The van der Waals surface area contributed by atoms with Crippen LogP contribution >= 0.6 is 11.3 Å². The normalized spacial score (nSPS) is 17.3. The maximum atomic E-state index is 10.1. The molecule has 2 aromatic heterocycles. The van der Waals surface area contributed by atoms with E-state index < -0.39 is 0 Å². The van der Waals surface area contributed by atoms with Gasteiger partial charge in [-0.15, -0.1) is 11.3 Å². The van der Waals surface area contributed by atoms with Crippen molar-refractivity contribution in [3.63, 3.8) is 0 Å². The Bertz CT molecular complexity index is 973. The largest absolute Gasteiger partial charge is 0.493 e. The van der Waals surface area contributed by atoms with E-state index in [1.54, 1.807) is 25.6 Å². The van der Waals surface area contributed by atoms with Gasteiger partial charge in [-0.25, -0.2) is 9.97 Å². The van der Waals surface area contributed by atoms with Gasteiger partial charge in [-0.2, -0.15) is 0 Å². The highest BCUT2D eigenvalue weighted by Crippen LogP contribution is 2.41. The standard InChI is InChI=1S/C20H23N3O3S/c1-12-21-19(23-8-4-5-14(24)10-23)18-15(11-27-20(18)22-12)13-6-7-16(25-2)17(9-13)26-3/h6-7,9,11,14,24H,4-5,8,10H2,1-3H3/t14-/m1/s1. The second-order valence-electron chi connectivity index (χ2n) is 6.74. The molecule has 6 nitrogen and oxygen atoms in total. The van der Waals surface area contributed by atoms with E-state index in [1.165, 1.54) is 0 Å². The molecule has 0 bridgehead atoms. The van der Waals surface area contributed by atoms with E-state index in [2.05, 4.69) is 15.3 Å². The maximum absolute atomic E-state index is 10.1. The van der Waals surface area contributed by atoms with Crippen molar-refractivity contribution >= 4 is 27.4 Å². The molecule has 1 aliphatic heterocycles. The SMILES string of the molecule is COc1ccc(-c2csc3nc(C)nc(N4CCC[C@@H](O)C4)c23)cc1OC. The molecule has 1 aromatic carbocycles. The van der Waals surface area contributed by atoms with E-state index >= 15 is 0 Å². The van der Waals surface area contributed by atoms with E-state index in [-0.39, 0.29) is 6.10 Å². The van der Waals surface area contributed by atoms with E-state index in [0.29, 0.717) is 18.0 Å². The average molecular weight is 385 g/mol. The maximum Gasteiger partial charge on any atom is 0.161 e. The van der Waals surface area contributed by atoms with Crippen molar-refractivity contribution in [1.29, 1.82) is 0 Å². The Balaban J connectivity index is 1.87. The molecule has 0 radical (unpaired) electrons. The summed E-state index contributed by atoms with van der Waals surface area (Å²) in [6.07, 6.45) is 1.49. The van der Waals surface area contributed by atoms with Gasteiger partial charge in [-0.3, -0.25) is 0 Å². The van der Waals surface area contributed by atoms with Crippen molar-refractivity contribution in [2.45, 2.75) is 25.9 Å². The number of aliphatic hydroxyl groups is 1. The summed E-state index contributed by atoms with van der Waals surface area (Å²) < 4.78 is 10.8. The Morgan fingerprint density at radius 1 is 1.19 bits per heavy atom. The van der Waals surface area contributed by atoms with Crippen molar-refractivity contribution < 1.29 is 14.6 Å². The Labute approximate surface area is 162 Å². The molecule has 0 unspecified atom stereocenters. The third kappa shape index (κ3) is 3.33. The van der Waals surface area contributed by atoms with Gasteiger partial charge in [0.15, 0.2) is 11.5 Å². The third-order valence-electron chi connectivity index (χ3n) is 4.92. The molecule has 27 heavy (non-hydrogen) atoms. The zero-order valence-electron chi connectivity index (χ0n) is 15.7. The third-order valence-corrected chi connectivity index (χ3v) is 5.79. The second kappa shape index (κ2) is 7.32. The molecule has 1 atom stereocenters. The first-order valence-corrected chi connectivity index (χ1v) is 9.90. The number of methoxy groups -OCH3 is 2. The Morgan fingerprint density at radius 3 is 2.74 bits per heavy atom. The summed E-state index contributed by atoms with van der Waals surface area (Å²) in [7, 11) is 3.27. The smallest absolute Gasteiger partial charge is 0.161 e. The summed E-state index contributed by atoms with van der Waals surface area (Å²) in [6, 6.07) is 5.92. The van der Waals surface area contributed by atoms with E-state index in [0.717, 1.165) is 52.4 Å². The molecule has 3 heterocycles. The molecule has 4 rings (SSSR count). The first-order chi connectivity index (χ1) is 13.1. The van der Waals surface area contributed by atoms with Crippen LogP contribution in [-0.4, -0.2) is 48.5 Å². The van der Waals surface area contributed by atoms with E-state index in [4.69, 9.17) is 14.5 Å². The molecule has 1 saturated heterocycles. The van der Waals surface area contributed by atoms with Gasteiger partial charge in [0, 0.05) is 24.0 Å². The fourth-order valence-corrected chi connectivity index (χ4v) is 4.61. The number of aromatic nitrogens is 2. The highest BCUT2D eigenvalue weighted by Gasteiger charge is 2.24. The predicted molar refractivity (Wildman–Crippen MR) is 108 cm³/mol. The van der Waals surface area contributed by atoms with Gasteiger partial charge in [0.1, 0.15) is 16.5 Å². The lowest BCUT2D eigenvalue weighted by Crippen LogP contribution is -2.39. The van der Waals surface area contributed by atoms with Crippen LogP contribution in [0.15, 0.2) is 23.6 Å². The predicted octanol–water partition coefficient (Wildman–Crippen LogP) is 3.65. The Hall–Kier alpha value is -2.38. The van der Waals surface area contributed by atoms with Gasteiger partial charge < -0.3 is 19.5 Å². The van der Waals surface area contributed by atoms with Crippen LogP contribution in [0.25, 0.3) is 21.3 Å². The van der Waals surface area contributed by atoms with Crippen LogP contribution in [0.3, 0.4) is 0 Å². The van der Waals surface area contributed by atoms with Gasteiger partial charge in [-0.05, 0) is 37.5 Å². The number of piperidine rings is 1. The summed E-state index contributed by atoms with van der Waals surface area (Å²) in [5.74, 6) is 3.05. The number of hydrogen-bond donors (Lipinski definition) is 1. The number of hydrogen-bond acceptors (Lipinski definition) is 7. The van der Waals surface area contributed by atoms with Crippen LogP contribution in [0.5, 0.6) is 11.5 Å². The molecule has 0 spiro atoms. The average Bonchev–Trinajstić information content (AvgIpc) is 3.10. The van der Waals surface area contributed by atoms with Crippen molar-refractivity contribution in [3.05, 3.63) is 29.4 Å². The fraction of sp³-hybridized carbons (Fsp3) is 0.400. The number of aryl methyl sites for hydroxylation is 1. The minimum atomic E-state index is -0.313. The second-order valence-corrected chi connectivity index (χ2v) is 7.59. The number of β-amino-alcohol motifs (C(OH)–C–C–N with tert-alkyl or cyclic N) is 1. The number of aliphatic hydroxyl groups excluding tert-OH is 1. The first-order valence-electron chi connectivity index (χ1n) is 9.02. The van der Waals surface area contributed by atoms with E-state index in [9.17, 15) is 5.11 Å². The minimum Gasteiger partial charge on any atom is -0.493 e. The van der Waals surface area contributed by atoms with Crippen molar-refractivity contribution in [3.8, 4) is 22.6 Å². The van der Waals surface area contributed by atoms with Gasteiger partial charge in [0.2, 0.25) is 0 Å². The monoisotopic (exact) mass is 385 g/mol. The number of nitrogens with zero attached hydrogens (tertiary/aromatic N) is 3. The summed E-state index contributed by atoms with van der Waals surface area (Å²) in [5, 5.41) is 13.3. The van der Waals surface area contributed by atoms with Crippen molar-refractivity contribution in [2.24, 2.45) is 0 Å². The Kier molecular flexibility index (Phi) is 4.88. The quantitative estimate of drug-likeness (QED) is 0.739. The van der Waals surface area contributed by atoms with Crippen LogP contribution in [0.2, 0.25) is 0 Å². The number of fused-ring (bicyclic) bond motifs is 1. The molecular weight excluding hydrogens is 362 g/mol. The van der Waals surface area contributed by atoms with Crippen molar-refractivity contribution in [1.82, 2.24) is 9.97 Å². The van der Waals surface area contributed by atoms with Gasteiger partial charge in [0.25, 0.3) is 0 Å². The molecule has 1 N–H and O–H groups in total. The number of rotatable bonds is 4. The molecule has 0 amide bonds. The topological polar surface area (TPSA) is 67.7 Å². The van der Waals surface area contributed by atoms with Crippen LogP contribution in [0.4, 0.5) is 5.82 Å². The molecule has 1 aliphatic rings. The zero-order chi connectivity index (χ0) is 19.0. The molecule has 142 valence electrons. The highest BCUT2D eigenvalue weighted by molar-refractivity contribution is 7.17. The molecule has 1 fully saturated rings. The van der Waals surface area contributed by atoms with Crippen LogP contribution in [-0.2, 0) is 0 Å². The zero-order valence-corrected chi connectivity index (χ0v) is 16.5. The molecule has 7 heteroatoms. The first kappa shape index (κ1) is 18.0. The summed E-state index contributed by atoms with van der Waals surface area (Å²) >= 11 is 1.61. The summed E-state index contributed by atoms with van der Waals surface area (Å²) in [5.41, 5.74) is 2.11. The number of ether oxygens (including phenoxy) is 2. The summed E-state index contributed by atoms with van der Waals surface area (Å²) in [6.45, 7) is 3.41. The fourth-order valence-electron chi connectivity index (χ4n) is 3.62. The van der Waals surface area contributed by atoms with Crippen LogP contribution in [0.1, 0.15) is 18.7 Å². The van der Waals surface area contributed by atoms with Gasteiger partial charge >= 0.3 is 0 Å². The summed E-state index contributed by atoms with van der Waals surface area (Å²) in [4.78, 5) is 12.5. The number of thiophene rings is 1. The number of anilines is 1. The van der Waals surface area contributed by atoms with Crippen LogP contribution < -0.4 is 14.4 Å².